The van der Waals surface area contributed by atoms with E-state index in [-0.39, 0.29) is 6.54 Å². The Morgan fingerprint density at radius 3 is 2.77 bits per heavy atom. The Kier molecular flexibility index (Phi) is 7.24. The smallest absolute Gasteiger partial charge is 0.343 e. The molecular weight excluding hydrogens is 412 g/mol. The first-order chi connectivity index (χ1) is 14.5. The van der Waals surface area contributed by atoms with E-state index in [1.54, 1.807) is 59.7 Å². The number of unbranched alkanes of at least 4 members (excludes halogenated alkanes) is 1. The summed E-state index contributed by atoms with van der Waals surface area (Å²) in [5.41, 5.74) is 1.89. The molecule has 0 saturated heterocycles. The molecule has 0 bridgehead atoms. The molecule has 2 heterocycles. The molecule has 156 valence electrons. The lowest BCUT2D eigenvalue weighted by Gasteiger charge is -2.12. The van der Waals surface area contributed by atoms with Gasteiger partial charge in [-0.2, -0.15) is 8.78 Å². The highest BCUT2D eigenvalue weighted by Gasteiger charge is 2.35. The number of alkyl halides is 2. The summed E-state index contributed by atoms with van der Waals surface area (Å²) in [5.74, 6) is -4.89. The molecule has 0 unspecified atom stereocenters. The molecule has 3 aromatic rings. The molecule has 1 aromatic carbocycles. The van der Waals surface area contributed by atoms with E-state index in [2.05, 4.69) is 20.6 Å². The standard InChI is InChI=1S/C21H20ClF2N5O/c22-18-9-12-25-14-17(18)19-15-29(28-27-19)13-5-4-11-26-20(30)21(23,24)10-8-16-6-2-1-3-7-16/h1-3,6-10,12,14-15H,4-5,11,13H2,(H,26,30)/b10-8+. The lowest BCUT2D eigenvalue weighted by molar-refractivity contribution is -0.139. The lowest BCUT2D eigenvalue weighted by atomic mass is 10.2. The largest absolute Gasteiger partial charge is 0.351 e. The zero-order valence-corrected chi connectivity index (χ0v) is 16.8. The molecule has 9 heteroatoms. The number of nitrogens with zero attached hydrogens (tertiary/aromatic N) is 4. The maximum Gasteiger partial charge on any atom is 0.343 e. The van der Waals surface area contributed by atoms with Crippen molar-refractivity contribution in [2.75, 3.05) is 6.54 Å². The van der Waals surface area contributed by atoms with E-state index in [1.807, 2.05) is 0 Å². The van der Waals surface area contributed by atoms with Crippen LogP contribution in [0.2, 0.25) is 5.02 Å². The van der Waals surface area contributed by atoms with Gasteiger partial charge in [0.05, 0.1) is 11.2 Å². The van der Waals surface area contributed by atoms with Gasteiger partial charge in [-0.05, 0) is 30.5 Å². The van der Waals surface area contributed by atoms with Crippen molar-refractivity contribution in [1.82, 2.24) is 25.3 Å². The van der Waals surface area contributed by atoms with Gasteiger partial charge in [0.15, 0.2) is 0 Å². The number of pyridine rings is 1. The number of rotatable bonds is 9. The van der Waals surface area contributed by atoms with E-state index in [4.69, 9.17) is 11.6 Å². The second-order valence-electron chi connectivity index (χ2n) is 6.55. The number of nitrogens with one attached hydrogen (secondary N) is 1. The summed E-state index contributed by atoms with van der Waals surface area (Å²) in [6, 6.07) is 10.3. The summed E-state index contributed by atoms with van der Waals surface area (Å²) in [5, 5.41) is 10.9. The molecule has 0 atom stereocenters. The van der Waals surface area contributed by atoms with Crippen molar-refractivity contribution >= 4 is 23.6 Å². The Hall–Kier alpha value is -3.13. The Morgan fingerprint density at radius 1 is 1.20 bits per heavy atom. The molecule has 3 rings (SSSR count). The Bertz CT molecular complexity index is 1010. The summed E-state index contributed by atoms with van der Waals surface area (Å²) >= 11 is 6.11. The van der Waals surface area contributed by atoms with E-state index in [1.165, 1.54) is 6.08 Å². The average molecular weight is 432 g/mol. The first-order valence-electron chi connectivity index (χ1n) is 9.36. The minimum atomic E-state index is -3.57. The second kappa shape index (κ2) is 10.1. The van der Waals surface area contributed by atoms with E-state index < -0.39 is 11.8 Å². The fourth-order valence-electron chi connectivity index (χ4n) is 2.66. The van der Waals surface area contributed by atoms with E-state index in [9.17, 15) is 13.6 Å². The third-order valence-corrected chi connectivity index (χ3v) is 4.60. The van der Waals surface area contributed by atoms with E-state index >= 15 is 0 Å². The highest BCUT2D eigenvalue weighted by molar-refractivity contribution is 6.33. The van der Waals surface area contributed by atoms with Crippen LogP contribution in [-0.4, -0.2) is 38.4 Å². The predicted octanol–water partition coefficient (Wildman–Crippen LogP) is 4.24. The minimum absolute atomic E-state index is 0.142. The van der Waals surface area contributed by atoms with Gasteiger partial charge in [0.25, 0.3) is 5.91 Å². The van der Waals surface area contributed by atoms with Gasteiger partial charge in [-0.1, -0.05) is 53.2 Å². The number of hydrogen-bond acceptors (Lipinski definition) is 4. The van der Waals surface area contributed by atoms with Crippen molar-refractivity contribution < 1.29 is 13.6 Å². The van der Waals surface area contributed by atoms with Crippen LogP contribution in [0, 0.1) is 0 Å². The SMILES string of the molecule is O=C(NCCCCn1cc(-c2cnccc2Cl)nn1)C(F)(F)/C=C/c1ccccc1. The first-order valence-corrected chi connectivity index (χ1v) is 9.74. The van der Waals surface area contributed by atoms with Crippen LogP contribution >= 0.6 is 11.6 Å². The number of halogens is 3. The third-order valence-electron chi connectivity index (χ3n) is 4.27. The van der Waals surface area contributed by atoms with Crippen molar-refractivity contribution in [3.05, 3.63) is 71.7 Å². The van der Waals surface area contributed by atoms with Gasteiger partial charge >= 0.3 is 5.92 Å². The van der Waals surface area contributed by atoms with Crippen molar-refractivity contribution in [2.24, 2.45) is 0 Å². The molecule has 30 heavy (non-hydrogen) atoms. The number of amides is 1. The van der Waals surface area contributed by atoms with Crippen molar-refractivity contribution in [2.45, 2.75) is 25.3 Å². The average Bonchev–Trinajstić information content (AvgIpc) is 3.21. The van der Waals surface area contributed by atoms with Crippen LogP contribution in [0.1, 0.15) is 18.4 Å². The van der Waals surface area contributed by atoms with Crippen LogP contribution in [0.15, 0.2) is 61.1 Å². The molecule has 6 nitrogen and oxygen atoms in total. The Morgan fingerprint density at radius 2 is 2.00 bits per heavy atom. The zero-order chi connectivity index (χ0) is 21.4. The topological polar surface area (TPSA) is 72.7 Å². The molecule has 1 amide bonds. The number of carbonyl (C=O) groups excluding carboxylic acids is 1. The summed E-state index contributed by atoms with van der Waals surface area (Å²) in [6.45, 7) is 0.675. The Balaban J connectivity index is 1.41. The number of aryl methyl sites for hydroxylation is 1. The number of benzene rings is 1. The monoisotopic (exact) mass is 431 g/mol. The molecule has 0 aliphatic carbocycles. The molecule has 0 radical (unpaired) electrons. The minimum Gasteiger partial charge on any atom is -0.351 e. The van der Waals surface area contributed by atoms with Crippen LogP contribution in [-0.2, 0) is 11.3 Å². The number of hydrogen-bond donors (Lipinski definition) is 1. The highest BCUT2D eigenvalue weighted by atomic mass is 35.5. The molecular formula is C21H20ClF2N5O. The molecule has 1 N–H and O–H groups in total. The van der Waals surface area contributed by atoms with Crippen molar-refractivity contribution in [3.63, 3.8) is 0 Å². The van der Waals surface area contributed by atoms with Crippen LogP contribution in [0.25, 0.3) is 17.3 Å². The summed E-state index contributed by atoms with van der Waals surface area (Å²) in [6.07, 6.45) is 7.94. The first kappa shape index (κ1) is 21.6. The fraction of sp³-hybridized carbons (Fsp3) is 0.238. The lowest BCUT2D eigenvalue weighted by Crippen LogP contribution is -2.39. The Labute approximate surface area is 177 Å². The number of carbonyl (C=O) groups is 1. The number of aromatic nitrogens is 4. The summed E-state index contributed by atoms with van der Waals surface area (Å²) in [7, 11) is 0. The van der Waals surface area contributed by atoms with E-state index in [0.717, 1.165) is 0 Å². The van der Waals surface area contributed by atoms with Gasteiger partial charge in [-0.3, -0.25) is 14.5 Å². The van der Waals surface area contributed by atoms with Crippen molar-refractivity contribution in [3.8, 4) is 11.3 Å². The van der Waals surface area contributed by atoms with Crippen LogP contribution in [0.5, 0.6) is 0 Å². The van der Waals surface area contributed by atoms with Crippen LogP contribution in [0.3, 0.4) is 0 Å². The molecule has 0 fully saturated rings. The summed E-state index contributed by atoms with van der Waals surface area (Å²) in [4.78, 5) is 15.8. The predicted molar refractivity (Wildman–Crippen MR) is 111 cm³/mol. The normalized spacial score (nSPS) is 11.7. The van der Waals surface area contributed by atoms with Crippen LogP contribution in [0.4, 0.5) is 8.78 Å². The van der Waals surface area contributed by atoms with Gasteiger partial charge in [-0.25, -0.2) is 0 Å². The second-order valence-corrected chi connectivity index (χ2v) is 6.96. The van der Waals surface area contributed by atoms with Crippen LogP contribution < -0.4 is 5.32 Å². The maximum absolute atomic E-state index is 13.9. The molecule has 0 aliphatic rings. The van der Waals surface area contributed by atoms with Gasteiger partial charge in [0, 0.05) is 31.0 Å². The van der Waals surface area contributed by atoms with E-state index in [0.29, 0.717) is 47.3 Å². The summed E-state index contributed by atoms with van der Waals surface area (Å²) < 4.78 is 29.5. The molecule has 2 aromatic heterocycles. The van der Waals surface area contributed by atoms with Gasteiger partial charge in [-0.15, -0.1) is 5.10 Å². The maximum atomic E-state index is 13.9. The quantitative estimate of drug-likeness (QED) is 0.514. The molecule has 0 saturated carbocycles. The van der Waals surface area contributed by atoms with Gasteiger partial charge in [0.2, 0.25) is 0 Å². The van der Waals surface area contributed by atoms with Gasteiger partial charge in [0.1, 0.15) is 5.69 Å². The molecule has 0 spiro atoms. The molecule has 0 aliphatic heterocycles. The fourth-order valence-corrected chi connectivity index (χ4v) is 2.86. The zero-order valence-electron chi connectivity index (χ0n) is 16.0. The highest BCUT2D eigenvalue weighted by Crippen LogP contribution is 2.24. The van der Waals surface area contributed by atoms with Crippen molar-refractivity contribution in [1.29, 1.82) is 0 Å². The van der Waals surface area contributed by atoms with Gasteiger partial charge < -0.3 is 5.32 Å². The third kappa shape index (κ3) is 5.93.